The third-order valence-electron chi connectivity index (χ3n) is 2.12. The average molecular weight is 239 g/mol. The molecule has 0 aliphatic rings. The first-order valence-corrected chi connectivity index (χ1v) is 4.87. The number of para-hydroxylation sites is 1. The fourth-order valence-corrected chi connectivity index (χ4v) is 1.22. The lowest BCUT2D eigenvalue weighted by atomic mass is 10.1. The van der Waals surface area contributed by atoms with Crippen LogP contribution in [0.4, 0.5) is 0 Å². The van der Waals surface area contributed by atoms with E-state index in [1.165, 1.54) is 12.1 Å². The zero-order chi connectivity index (χ0) is 12.8. The lowest BCUT2D eigenvalue weighted by molar-refractivity contribution is -0.143. The van der Waals surface area contributed by atoms with E-state index >= 15 is 0 Å². The predicted octanol–water partition coefficient (Wildman–Crippen LogP) is -0.344. The molecule has 0 saturated heterocycles. The second kappa shape index (κ2) is 5.86. The van der Waals surface area contributed by atoms with Crippen molar-refractivity contribution in [3.8, 4) is 5.75 Å². The van der Waals surface area contributed by atoms with Gasteiger partial charge in [0.15, 0.2) is 6.04 Å². The van der Waals surface area contributed by atoms with Gasteiger partial charge >= 0.3 is 5.97 Å². The predicted molar refractivity (Wildman–Crippen MR) is 58.5 cm³/mol. The Morgan fingerprint density at radius 3 is 2.59 bits per heavy atom. The molecule has 1 atom stereocenters. The van der Waals surface area contributed by atoms with Crippen molar-refractivity contribution in [1.82, 2.24) is 5.32 Å². The number of ether oxygens (including phenoxy) is 1. The van der Waals surface area contributed by atoms with Gasteiger partial charge in [-0.05, 0) is 12.1 Å². The first kappa shape index (κ1) is 13.0. The smallest absolute Gasteiger partial charge is 0.330 e. The molecule has 0 unspecified atom stereocenters. The van der Waals surface area contributed by atoms with E-state index in [9.17, 15) is 14.7 Å². The second-order valence-corrected chi connectivity index (χ2v) is 3.25. The van der Waals surface area contributed by atoms with Crippen molar-refractivity contribution in [3.05, 3.63) is 29.8 Å². The van der Waals surface area contributed by atoms with Gasteiger partial charge in [-0.2, -0.15) is 0 Å². The van der Waals surface area contributed by atoms with Crippen molar-refractivity contribution in [1.29, 1.82) is 0 Å². The monoisotopic (exact) mass is 239 g/mol. The number of aliphatic hydroxyl groups is 1. The summed E-state index contributed by atoms with van der Waals surface area (Å²) >= 11 is 0. The molecule has 0 aliphatic heterocycles. The van der Waals surface area contributed by atoms with Gasteiger partial charge in [0.05, 0.1) is 19.3 Å². The summed E-state index contributed by atoms with van der Waals surface area (Å²) in [7, 11) is 1.15. The SMILES string of the molecule is COC(=O)[C@H](CO)NC(=O)c1ccccc1O. The van der Waals surface area contributed by atoms with Crippen LogP contribution in [0.25, 0.3) is 0 Å². The number of aromatic hydroxyl groups is 1. The molecule has 1 aromatic rings. The number of carbonyl (C=O) groups is 2. The zero-order valence-electron chi connectivity index (χ0n) is 9.21. The van der Waals surface area contributed by atoms with E-state index in [2.05, 4.69) is 10.1 Å². The molecule has 0 aliphatic carbocycles. The van der Waals surface area contributed by atoms with Crippen LogP contribution in [0.2, 0.25) is 0 Å². The summed E-state index contributed by atoms with van der Waals surface area (Å²) < 4.78 is 4.39. The first-order chi connectivity index (χ1) is 8.10. The number of methoxy groups -OCH3 is 1. The number of esters is 1. The quantitative estimate of drug-likeness (QED) is 0.624. The van der Waals surface area contributed by atoms with Gasteiger partial charge in [-0.1, -0.05) is 12.1 Å². The molecular weight excluding hydrogens is 226 g/mol. The van der Waals surface area contributed by atoms with Crippen molar-refractivity contribution < 1.29 is 24.5 Å². The number of hydrogen-bond donors (Lipinski definition) is 3. The minimum Gasteiger partial charge on any atom is -0.507 e. The van der Waals surface area contributed by atoms with Crippen molar-refractivity contribution in [2.75, 3.05) is 13.7 Å². The zero-order valence-corrected chi connectivity index (χ0v) is 9.21. The van der Waals surface area contributed by atoms with E-state index in [-0.39, 0.29) is 11.3 Å². The number of phenols is 1. The Bertz CT molecular complexity index is 418. The number of hydrogen-bond acceptors (Lipinski definition) is 5. The number of rotatable bonds is 4. The first-order valence-electron chi connectivity index (χ1n) is 4.87. The van der Waals surface area contributed by atoms with E-state index < -0.39 is 24.5 Å². The van der Waals surface area contributed by atoms with Gasteiger partial charge in [0.1, 0.15) is 5.75 Å². The highest BCUT2D eigenvalue weighted by atomic mass is 16.5. The third-order valence-corrected chi connectivity index (χ3v) is 2.12. The van der Waals surface area contributed by atoms with E-state index in [1.807, 2.05) is 0 Å². The van der Waals surface area contributed by atoms with Crippen LogP contribution >= 0.6 is 0 Å². The molecule has 0 saturated carbocycles. The summed E-state index contributed by atoms with van der Waals surface area (Å²) in [4.78, 5) is 22.8. The summed E-state index contributed by atoms with van der Waals surface area (Å²) in [6.45, 7) is -0.577. The number of aliphatic hydroxyl groups excluding tert-OH is 1. The molecule has 6 heteroatoms. The molecular formula is C11H13NO5. The highest BCUT2D eigenvalue weighted by molar-refractivity contribution is 5.98. The molecule has 1 aromatic carbocycles. The molecule has 17 heavy (non-hydrogen) atoms. The summed E-state index contributed by atoms with van der Waals surface area (Å²) in [5.41, 5.74) is 0.0230. The molecule has 1 rings (SSSR count). The maximum Gasteiger partial charge on any atom is 0.330 e. The van der Waals surface area contributed by atoms with Crippen LogP contribution in [0.3, 0.4) is 0 Å². The molecule has 0 fully saturated rings. The number of carbonyl (C=O) groups excluding carboxylic acids is 2. The number of nitrogens with one attached hydrogen (secondary N) is 1. The highest BCUT2D eigenvalue weighted by Gasteiger charge is 2.22. The summed E-state index contributed by atoms with van der Waals surface area (Å²) in [6, 6.07) is 4.74. The Balaban J connectivity index is 2.78. The summed E-state index contributed by atoms with van der Waals surface area (Å²) in [5.74, 6) is -1.62. The van der Waals surface area contributed by atoms with Crippen LogP contribution in [-0.2, 0) is 9.53 Å². The molecule has 92 valence electrons. The highest BCUT2D eigenvalue weighted by Crippen LogP contribution is 2.15. The molecule has 3 N–H and O–H groups in total. The Hall–Kier alpha value is -2.08. The molecule has 0 bridgehead atoms. The van der Waals surface area contributed by atoms with E-state index in [0.717, 1.165) is 7.11 Å². The van der Waals surface area contributed by atoms with Gasteiger partial charge < -0.3 is 20.3 Å². The normalized spacial score (nSPS) is 11.6. The summed E-state index contributed by atoms with van der Waals surface area (Å²) in [6.07, 6.45) is 0. The fourth-order valence-electron chi connectivity index (χ4n) is 1.22. The van der Waals surface area contributed by atoms with Crippen LogP contribution in [0.1, 0.15) is 10.4 Å². The minimum absolute atomic E-state index is 0.0230. The minimum atomic E-state index is -1.15. The molecule has 0 heterocycles. The lowest BCUT2D eigenvalue weighted by Gasteiger charge is -2.14. The molecule has 0 radical (unpaired) electrons. The van der Waals surface area contributed by atoms with Gasteiger partial charge in [0.25, 0.3) is 5.91 Å². The Morgan fingerprint density at radius 2 is 2.06 bits per heavy atom. The van der Waals surface area contributed by atoms with Gasteiger partial charge in [-0.3, -0.25) is 4.79 Å². The lowest BCUT2D eigenvalue weighted by Crippen LogP contribution is -2.44. The van der Waals surface area contributed by atoms with Crippen LogP contribution in [0.5, 0.6) is 5.75 Å². The molecule has 6 nitrogen and oxygen atoms in total. The van der Waals surface area contributed by atoms with E-state index in [1.54, 1.807) is 12.1 Å². The molecule has 0 spiro atoms. The van der Waals surface area contributed by atoms with Crippen molar-refractivity contribution in [3.63, 3.8) is 0 Å². The average Bonchev–Trinajstić information content (AvgIpc) is 2.35. The number of phenolic OH excluding ortho intramolecular Hbond substituents is 1. The maximum atomic E-state index is 11.7. The Kier molecular flexibility index (Phi) is 4.47. The molecule has 1 amide bonds. The molecule has 0 aromatic heterocycles. The van der Waals surface area contributed by atoms with Crippen LogP contribution in [0.15, 0.2) is 24.3 Å². The maximum absolute atomic E-state index is 11.7. The van der Waals surface area contributed by atoms with Gasteiger partial charge in [-0.15, -0.1) is 0 Å². The number of amides is 1. The van der Waals surface area contributed by atoms with Crippen molar-refractivity contribution >= 4 is 11.9 Å². The second-order valence-electron chi connectivity index (χ2n) is 3.25. The van der Waals surface area contributed by atoms with Gasteiger partial charge in [0, 0.05) is 0 Å². The third kappa shape index (κ3) is 3.18. The van der Waals surface area contributed by atoms with Gasteiger partial charge in [-0.25, -0.2) is 4.79 Å². The fraction of sp³-hybridized carbons (Fsp3) is 0.273. The van der Waals surface area contributed by atoms with Crippen LogP contribution in [-0.4, -0.2) is 41.8 Å². The Labute approximate surface area is 97.8 Å². The van der Waals surface area contributed by atoms with E-state index in [4.69, 9.17) is 5.11 Å². The largest absolute Gasteiger partial charge is 0.507 e. The van der Waals surface area contributed by atoms with Crippen LogP contribution < -0.4 is 5.32 Å². The van der Waals surface area contributed by atoms with Crippen LogP contribution in [0, 0.1) is 0 Å². The topological polar surface area (TPSA) is 95.9 Å². The summed E-state index contributed by atoms with van der Waals surface area (Å²) in [5, 5.41) is 20.6. The standard InChI is InChI=1S/C11H13NO5/c1-17-11(16)8(6-13)12-10(15)7-4-2-3-5-9(7)14/h2-5,8,13-14H,6H2,1H3,(H,12,15)/t8-/m0/s1. The van der Waals surface area contributed by atoms with Crippen molar-refractivity contribution in [2.24, 2.45) is 0 Å². The van der Waals surface area contributed by atoms with Crippen molar-refractivity contribution in [2.45, 2.75) is 6.04 Å². The Morgan fingerprint density at radius 1 is 1.41 bits per heavy atom. The van der Waals surface area contributed by atoms with E-state index in [0.29, 0.717) is 0 Å². The van der Waals surface area contributed by atoms with Gasteiger partial charge in [0.2, 0.25) is 0 Å². The number of benzene rings is 1.